The number of rotatable bonds is 7. The third kappa shape index (κ3) is 3.94. The Morgan fingerprint density at radius 2 is 1.79 bits per heavy atom. The van der Waals surface area contributed by atoms with Crippen molar-refractivity contribution in [3.05, 3.63) is 0 Å². The van der Waals surface area contributed by atoms with Gasteiger partial charge in [0.2, 0.25) is 0 Å². The second-order valence-electron chi connectivity index (χ2n) is 10.1. The maximum absolute atomic E-state index is 13.7. The van der Waals surface area contributed by atoms with Crippen LogP contribution in [0.5, 0.6) is 0 Å². The highest BCUT2D eigenvalue weighted by molar-refractivity contribution is 7.96. The van der Waals surface area contributed by atoms with E-state index in [2.05, 4.69) is 16.3 Å². The van der Waals surface area contributed by atoms with Gasteiger partial charge in [-0.15, -0.1) is 4.33 Å². The van der Waals surface area contributed by atoms with E-state index in [1.807, 2.05) is 0 Å². The Balaban J connectivity index is 1.44. The van der Waals surface area contributed by atoms with Gasteiger partial charge in [-0.1, -0.05) is 24.8 Å². The molecule has 5 saturated carbocycles. The zero-order valence-corrected chi connectivity index (χ0v) is 17.1. The van der Waals surface area contributed by atoms with Crippen LogP contribution in [0.4, 0.5) is 8.78 Å². The average Bonchev–Trinajstić information content (AvgIpc) is 2.64. The van der Waals surface area contributed by atoms with E-state index in [-0.39, 0.29) is 12.0 Å². The summed E-state index contributed by atoms with van der Waals surface area (Å²) in [7, 11) is 0. The molecule has 5 rings (SSSR count). The van der Waals surface area contributed by atoms with E-state index in [0.29, 0.717) is 17.3 Å². The van der Waals surface area contributed by atoms with E-state index >= 15 is 0 Å². The normalized spacial score (nSPS) is 42.6. The van der Waals surface area contributed by atoms with E-state index < -0.39 is 23.3 Å². The van der Waals surface area contributed by atoms with Crippen LogP contribution in [-0.2, 0) is 18.9 Å². The van der Waals surface area contributed by atoms with Gasteiger partial charge in [0.25, 0.3) is 0 Å². The monoisotopic (exact) mass is 420 g/mol. The van der Waals surface area contributed by atoms with Crippen molar-refractivity contribution in [2.75, 3.05) is 6.61 Å². The first-order chi connectivity index (χ1) is 13.3. The molecule has 0 spiro atoms. The number of carbonyl (C=O) groups is 1. The molecule has 1 N–H and O–H groups in total. The summed E-state index contributed by atoms with van der Waals surface area (Å²) in [5, 5.41) is 7.29. The van der Waals surface area contributed by atoms with Crippen molar-refractivity contribution in [1.29, 1.82) is 0 Å². The van der Waals surface area contributed by atoms with Crippen LogP contribution in [-0.4, -0.2) is 23.1 Å². The lowest BCUT2D eigenvalue weighted by molar-refractivity contribution is -0.433. The molecule has 8 heteroatoms. The Labute approximate surface area is 168 Å². The van der Waals surface area contributed by atoms with E-state index in [1.54, 1.807) is 0 Å². The molecule has 2 atom stereocenters. The Morgan fingerprint density at radius 3 is 2.39 bits per heavy atom. The van der Waals surface area contributed by atoms with Gasteiger partial charge in [0.1, 0.15) is 12.0 Å². The molecule has 0 aromatic heterocycles. The van der Waals surface area contributed by atoms with Crippen LogP contribution in [0.2, 0.25) is 0 Å². The maximum atomic E-state index is 13.7. The minimum atomic E-state index is -3.91. The number of hydrogen-bond donors (Lipinski definition) is 1. The van der Waals surface area contributed by atoms with Crippen LogP contribution < -0.4 is 0 Å². The van der Waals surface area contributed by atoms with Crippen molar-refractivity contribution in [3.63, 3.8) is 0 Å². The second-order valence-corrected chi connectivity index (χ2v) is 10.9. The first-order valence-electron chi connectivity index (χ1n) is 10.5. The van der Waals surface area contributed by atoms with Crippen molar-refractivity contribution in [3.8, 4) is 0 Å². The summed E-state index contributed by atoms with van der Waals surface area (Å²) < 4.78 is 36.3. The average molecular weight is 421 g/mol. The summed E-state index contributed by atoms with van der Waals surface area (Å²) in [6, 6.07) is 0. The number of alkyl halides is 2. The minimum Gasteiger partial charge on any atom is -0.460 e. The number of carbonyl (C=O) groups excluding carboxylic acids is 1. The quantitative estimate of drug-likeness (QED) is 0.250. The molecular weight excluding hydrogens is 390 g/mol. The molecule has 28 heavy (non-hydrogen) atoms. The predicted molar refractivity (Wildman–Crippen MR) is 99.0 cm³/mol. The van der Waals surface area contributed by atoms with E-state index in [4.69, 9.17) is 9.99 Å². The highest BCUT2D eigenvalue weighted by Gasteiger charge is 2.60. The van der Waals surface area contributed by atoms with E-state index in [0.717, 1.165) is 31.1 Å². The largest absolute Gasteiger partial charge is 0.460 e. The molecular formula is C20H30F2O5S. The Bertz CT molecular complexity index is 579. The van der Waals surface area contributed by atoms with E-state index in [1.165, 1.54) is 44.9 Å². The summed E-state index contributed by atoms with van der Waals surface area (Å²) in [5.74, 6) is 1.19. The molecule has 160 valence electrons. The fourth-order valence-corrected chi connectivity index (χ4v) is 7.68. The number of ether oxygens (including phenoxy) is 1. The standard InChI is InChI=1S/C20H30F2O5S/c1-13-2-4-16(5-3-13)19-9-14-6-15(10-19)8-18(7-14,11-19)12-25-17(23)20(21,22)28-27-26-24/h13-16,24H,2-12H2,1H3. The Morgan fingerprint density at radius 1 is 1.14 bits per heavy atom. The lowest BCUT2D eigenvalue weighted by Crippen LogP contribution is -2.56. The van der Waals surface area contributed by atoms with Crippen LogP contribution in [0.25, 0.3) is 0 Å². The van der Waals surface area contributed by atoms with Gasteiger partial charge in [-0.3, -0.25) is 0 Å². The molecule has 0 aromatic carbocycles. The minimum absolute atomic E-state index is 0.0554. The highest BCUT2D eigenvalue weighted by Crippen LogP contribution is 2.69. The molecule has 0 heterocycles. The third-order valence-electron chi connectivity index (χ3n) is 8.03. The fraction of sp³-hybridized carbons (Fsp3) is 0.950. The van der Waals surface area contributed by atoms with Crippen LogP contribution in [0.1, 0.15) is 71.1 Å². The Kier molecular flexibility index (Phi) is 5.70. The van der Waals surface area contributed by atoms with Gasteiger partial charge in [0, 0.05) is 5.41 Å². The number of hydrogen-bond acceptors (Lipinski definition) is 6. The summed E-state index contributed by atoms with van der Waals surface area (Å²) in [6.45, 7) is 2.39. The fourth-order valence-electron chi connectivity index (χ4n) is 7.44. The zero-order valence-electron chi connectivity index (χ0n) is 16.3. The first-order valence-corrected chi connectivity index (χ1v) is 11.2. The maximum Gasteiger partial charge on any atom is 0.415 e. The molecule has 5 aliphatic rings. The summed E-state index contributed by atoms with van der Waals surface area (Å²) in [4.78, 5) is 11.9. The first kappa shape index (κ1) is 20.8. The molecule has 0 aromatic rings. The zero-order chi connectivity index (χ0) is 20.0. The smallest absolute Gasteiger partial charge is 0.415 e. The van der Waals surface area contributed by atoms with Gasteiger partial charge in [0.15, 0.2) is 0 Å². The molecule has 5 nitrogen and oxygen atoms in total. The van der Waals surface area contributed by atoms with Gasteiger partial charge >= 0.3 is 11.2 Å². The van der Waals surface area contributed by atoms with Crippen molar-refractivity contribution in [2.24, 2.45) is 34.5 Å². The van der Waals surface area contributed by atoms with Crippen molar-refractivity contribution < 1.29 is 32.9 Å². The molecule has 0 saturated heterocycles. The SMILES string of the molecule is CC1CCC(C23CC4CC(CC(COC(=O)C(F)(F)SOOO)(C4)C2)C3)CC1. The van der Waals surface area contributed by atoms with Crippen LogP contribution >= 0.6 is 12.0 Å². The van der Waals surface area contributed by atoms with E-state index in [9.17, 15) is 13.6 Å². The molecule has 0 radical (unpaired) electrons. The summed E-state index contributed by atoms with van der Waals surface area (Å²) >= 11 is -0.554. The molecule has 5 fully saturated rings. The van der Waals surface area contributed by atoms with Gasteiger partial charge in [-0.05, 0) is 80.5 Å². The number of halogens is 2. The van der Waals surface area contributed by atoms with Gasteiger partial charge in [-0.2, -0.15) is 8.78 Å². The number of esters is 1. The molecule has 4 bridgehead atoms. The molecule has 5 aliphatic carbocycles. The van der Waals surface area contributed by atoms with Crippen molar-refractivity contribution in [2.45, 2.75) is 76.4 Å². The lowest BCUT2D eigenvalue weighted by atomic mass is 9.41. The van der Waals surface area contributed by atoms with Crippen molar-refractivity contribution in [1.82, 2.24) is 0 Å². The predicted octanol–water partition coefficient (Wildman–Crippen LogP) is 5.60. The van der Waals surface area contributed by atoms with Crippen LogP contribution in [0, 0.1) is 34.5 Å². The molecule has 0 aliphatic heterocycles. The highest BCUT2D eigenvalue weighted by atomic mass is 32.2. The molecule has 2 unspecified atom stereocenters. The topological polar surface area (TPSA) is 65.0 Å². The van der Waals surface area contributed by atoms with Crippen LogP contribution in [0.15, 0.2) is 0 Å². The molecule has 0 amide bonds. The van der Waals surface area contributed by atoms with Gasteiger partial charge in [-0.25, -0.2) is 10.1 Å². The van der Waals surface area contributed by atoms with Gasteiger partial charge in [0.05, 0.1) is 6.61 Å². The van der Waals surface area contributed by atoms with Gasteiger partial charge < -0.3 is 4.74 Å². The lowest BCUT2D eigenvalue weighted by Gasteiger charge is -2.64. The summed E-state index contributed by atoms with van der Waals surface area (Å²) in [6.07, 6.45) is 11.9. The van der Waals surface area contributed by atoms with Crippen LogP contribution in [0.3, 0.4) is 0 Å². The summed E-state index contributed by atoms with van der Waals surface area (Å²) in [5.41, 5.74) is 0.166. The third-order valence-corrected chi connectivity index (χ3v) is 8.53. The second kappa shape index (κ2) is 7.67. The Hall–Kier alpha value is -0.440. The van der Waals surface area contributed by atoms with Crippen molar-refractivity contribution >= 4 is 18.0 Å².